The number of hydrogen-bond donors (Lipinski definition) is 0. The zero-order chi connectivity index (χ0) is 50.9. The monoisotopic (exact) mass is 1150 g/mol. The number of unbranched alkanes of at least 4 members (excludes halogenated alkanes) is 44. The van der Waals surface area contributed by atoms with Gasteiger partial charge in [0.2, 0.25) is 0 Å². The van der Waals surface area contributed by atoms with E-state index in [4.69, 9.17) is 0 Å². The third kappa shape index (κ3) is 48.0. The summed E-state index contributed by atoms with van der Waals surface area (Å²) < 4.78 is 66.6. The Morgan fingerprint density at radius 3 is 0.620 bits per heavy atom. The molecule has 0 fully saturated rings. The second-order valence-electron chi connectivity index (χ2n) is 21.3. The van der Waals surface area contributed by atoms with Crippen molar-refractivity contribution in [1.82, 2.24) is 0 Å². The first kappa shape index (κ1) is 70.8. The van der Waals surface area contributed by atoms with Crippen molar-refractivity contribution < 1.29 is 25.9 Å². The van der Waals surface area contributed by atoms with Crippen molar-refractivity contribution in [2.45, 2.75) is 332 Å². The summed E-state index contributed by atoms with van der Waals surface area (Å²) in [7, 11) is -8.68. The van der Waals surface area contributed by atoms with Crippen LogP contribution in [0.25, 0.3) is 0 Å². The van der Waals surface area contributed by atoms with Gasteiger partial charge in [0, 0.05) is 0 Å². The molecule has 0 spiro atoms. The molecule has 0 heterocycles. The molecule has 0 N–H and O–H groups in total. The summed E-state index contributed by atoms with van der Waals surface area (Å²) >= 11 is 0. The normalized spacial score (nSPS) is 11.7. The molecule has 0 saturated carbocycles. The molecule has 2 aromatic rings. The van der Waals surface area contributed by atoms with Gasteiger partial charge in [-0.3, -0.25) is 0 Å². The van der Waals surface area contributed by atoms with Crippen LogP contribution in [0.5, 0.6) is 0 Å². The molecule has 2 rings (SSSR count). The molecule has 0 aliphatic rings. The molecule has 0 aliphatic carbocycles. The van der Waals surface area contributed by atoms with E-state index in [2.05, 4.69) is 13.8 Å². The molecule has 6 nitrogen and oxygen atoms in total. The fourth-order valence-corrected chi connectivity index (χ4v) is 11.0. The minimum atomic E-state index is -4.34. The van der Waals surface area contributed by atoms with Crippen molar-refractivity contribution in [1.29, 1.82) is 0 Å². The standard InChI is InChI=1S/2C31H56O3S.Ba/c2*1-2-3-4-5-6-7-8-9-10-11-12-13-14-15-16-17-18-19-20-21-22-23-24-26-30-27-25-28-31(29-30)35(32,33)34;/h2*25,27-29H,2-24,26H2,1H3,(H,32,33,34);/q;;+2/p-2. The summed E-state index contributed by atoms with van der Waals surface area (Å²) in [6.45, 7) is 4.58. The average molecular weight is 1150 g/mol. The number of benzene rings is 2. The molecule has 0 bridgehead atoms. The van der Waals surface area contributed by atoms with Gasteiger partial charge in [0.15, 0.2) is 0 Å². The summed E-state index contributed by atoms with van der Waals surface area (Å²) in [5.41, 5.74) is 1.90. The maximum Gasteiger partial charge on any atom is 2.00 e. The number of hydrogen-bond acceptors (Lipinski definition) is 6. The van der Waals surface area contributed by atoms with E-state index in [1.807, 2.05) is 12.1 Å². The van der Waals surface area contributed by atoms with Gasteiger partial charge in [-0.15, -0.1) is 0 Å². The van der Waals surface area contributed by atoms with Crippen LogP contribution in [-0.2, 0) is 33.1 Å². The van der Waals surface area contributed by atoms with Crippen LogP contribution in [0.2, 0.25) is 0 Å². The SMILES string of the molecule is CCCCCCCCCCCCCCCCCCCCCCCCCc1cccc(S(=O)(=O)[O-])c1.CCCCCCCCCCCCCCCCCCCCCCCCCc1cccc(S(=O)(=O)[O-])c1.[Ba+2]. The Morgan fingerprint density at radius 1 is 0.282 bits per heavy atom. The second-order valence-corrected chi connectivity index (χ2v) is 24.0. The Kier molecular flexibility index (Phi) is 51.8. The van der Waals surface area contributed by atoms with Crippen molar-refractivity contribution in [2.75, 3.05) is 0 Å². The van der Waals surface area contributed by atoms with Gasteiger partial charge < -0.3 is 9.11 Å². The summed E-state index contributed by atoms with van der Waals surface area (Å²) in [4.78, 5) is -0.215. The molecule has 0 unspecified atom stereocenters. The Morgan fingerprint density at radius 2 is 0.451 bits per heavy atom. The van der Waals surface area contributed by atoms with Crippen molar-refractivity contribution in [3.8, 4) is 0 Å². The Balaban J connectivity index is 0.00000136. The van der Waals surface area contributed by atoms with E-state index in [0.29, 0.717) is 0 Å². The minimum absolute atomic E-state index is 0. The van der Waals surface area contributed by atoms with Crippen LogP contribution >= 0.6 is 0 Å². The molecule has 0 saturated heterocycles. The average Bonchev–Trinajstić information content (AvgIpc) is 3.34. The maximum atomic E-state index is 11.1. The first-order valence-corrected chi connectivity index (χ1v) is 33.0. The van der Waals surface area contributed by atoms with E-state index in [0.717, 1.165) is 36.8 Å². The van der Waals surface area contributed by atoms with Gasteiger partial charge in [0.05, 0.1) is 9.79 Å². The van der Waals surface area contributed by atoms with Crippen LogP contribution in [0.4, 0.5) is 0 Å². The van der Waals surface area contributed by atoms with Crippen LogP contribution in [0.15, 0.2) is 58.3 Å². The van der Waals surface area contributed by atoms with Crippen LogP contribution in [-0.4, -0.2) is 74.8 Å². The maximum absolute atomic E-state index is 11.1. The molecular weight excluding hydrogens is 1040 g/mol. The Bertz CT molecular complexity index is 1530. The largest absolute Gasteiger partial charge is 2.00 e. The summed E-state index contributed by atoms with van der Waals surface area (Å²) in [5.74, 6) is 0. The quantitative estimate of drug-likeness (QED) is 0.0370. The fraction of sp³-hybridized carbons (Fsp3) is 0.806. The van der Waals surface area contributed by atoms with Gasteiger partial charge in [-0.25, -0.2) is 16.8 Å². The third-order valence-corrected chi connectivity index (χ3v) is 16.2. The van der Waals surface area contributed by atoms with Gasteiger partial charge in [0.1, 0.15) is 20.2 Å². The molecule has 2 aromatic carbocycles. The second kappa shape index (κ2) is 51.9. The Hall–Kier alpha value is -0.169. The van der Waals surface area contributed by atoms with Crippen LogP contribution < -0.4 is 0 Å². The van der Waals surface area contributed by atoms with E-state index in [-0.39, 0.29) is 58.7 Å². The number of rotatable bonds is 50. The fourth-order valence-electron chi connectivity index (χ4n) is 9.94. The van der Waals surface area contributed by atoms with Crippen molar-refractivity contribution in [2.24, 2.45) is 0 Å². The third-order valence-electron chi connectivity index (χ3n) is 14.5. The van der Waals surface area contributed by atoms with Crippen LogP contribution in [0, 0.1) is 0 Å². The molecule has 0 atom stereocenters. The smallest absolute Gasteiger partial charge is 0.744 e. The van der Waals surface area contributed by atoms with Gasteiger partial charge in [-0.1, -0.05) is 321 Å². The predicted octanol–water partition coefficient (Wildman–Crippen LogP) is 19.9. The molecule has 0 aromatic heterocycles. The summed E-state index contributed by atoms with van der Waals surface area (Å²) in [6, 6.07) is 13.0. The van der Waals surface area contributed by atoms with Crippen LogP contribution in [0.3, 0.4) is 0 Å². The van der Waals surface area contributed by atoms with Crippen LogP contribution in [0.1, 0.15) is 320 Å². The summed E-state index contributed by atoms with van der Waals surface area (Å²) in [6.07, 6.45) is 65.3. The first-order valence-electron chi connectivity index (χ1n) is 30.2. The Labute approximate surface area is 482 Å². The van der Waals surface area contributed by atoms with Crippen molar-refractivity contribution >= 4 is 69.1 Å². The van der Waals surface area contributed by atoms with E-state index < -0.39 is 20.2 Å². The molecule has 9 heteroatoms. The van der Waals surface area contributed by atoms with E-state index >= 15 is 0 Å². The number of aryl methyl sites for hydroxylation is 2. The van der Waals surface area contributed by atoms with Gasteiger partial charge in [0.25, 0.3) is 0 Å². The topological polar surface area (TPSA) is 114 Å². The minimum Gasteiger partial charge on any atom is -0.744 e. The zero-order valence-corrected chi connectivity index (χ0v) is 52.6. The van der Waals surface area contributed by atoms with E-state index in [9.17, 15) is 25.9 Å². The van der Waals surface area contributed by atoms with Crippen molar-refractivity contribution in [3.63, 3.8) is 0 Å². The molecular formula is C62H110BaO6S2. The molecule has 0 amide bonds. The van der Waals surface area contributed by atoms with E-state index in [1.54, 1.807) is 12.1 Å². The van der Waals surface area contributed by atoms with Gasteiger partial charge in [-0.05, 0) is 61.1 Å². The zero-order valence-electron chi connectivity index (χ0n) is 46.5. The van der Waals surface area contributed by atoms with Gasteiger partial charge in [-0.2, -0.15) is 0 Å². The molecule has 0 aliphatic heterocycles. The van der Waals surface area contributed by atoms with Gasteiger partial charge >= 0.3 is 48.9 Å². The predicted molar refractivity (Wildman–Crippen MR) is 306 cm³/mol. The first-order chi connectivity index (χ1) is 34.1. The van der Waals surface area contributed by atoms with Crippen molar-refractivity contribution in [3.05, 3.63) is 59.7 Å². The summed E-state index contributed by atoms with van der Waals surface area (Å²) in [5, 5.41) is 0. The molecule has 0 radical (unpaired) electrons. The molecule has 408 valence electrons. The molecule has 71 heavy (non-hydrogen) atoms. The van der Waals surface area contributed by atoms with E-state index in [1.165, 1.54) is 307 Å².